The summed E-state index contributed by atoms with van der Waals surface area (Å²) in [4.78, 5) is 8.68. The Morgan fingerprint density at radius 1 is 1.10 bits per heavy atom. The first kappa shape index (κ1) is 21.3. The number of ether oxygens (including phenoxy) is 1. The van der Waals surface area contributed by atoms with E-state index in [4.69, 9.17) is 4.74 Å². The van der Waals surface area contributed by atoms with Gasteiger partial charge in [-0.2, -0.15) is 13.2 Å². The Bertz CT molecular complexity index is 990. The quantitative estimate of drug-likeness (QED) is 0.325. The SMILES string of the molecule is O[N+]1(c2ccc(CSc3nc(-c4cccs4)cc(C(F)(F)F)n3)cc2)CCOCC1. The van der Waals surface area contributed by atoms with E-state index in [1.54, 1.807) is 17.5 Å². The number of thiophene rings is 1. The summed E-state index contributed by atoms with van der Waals surface area (Å²) in [5.41, 5.74) is 0.992. The normalized spacial score (nSPS) is 16.5. The molecule has 0 unspecified atom stereocenters. The van der Waals surface area contributed by atoms with Crippen LogP contribution in [0.5, 0.6) is 0 Å². The molecule has 3 heterocycles. The number of alkyl halides is 3. The molecule has 1 aromatic carbocycles. The number of thioether (sulfide) groups is 1. The maximum atomic E-state index is 13.3. The molecule has 1 aliphatic rings. The van der Waals surface area contributed by atoms with Gasteiger partial charge in [-0.3, -0.25) is 0 Å². The van der Waals surface area contributed by atoms with E-state index in [1.807, 2.05) is 24.3 Å². The summed E-state index contributed by atoms with van der Waals surface area (Å²) in [6.07, 6.45) is -4.54. The van der Waals surface area contributed by atoms with Gasteiger partial charge in [0.2, 0.25) is 0 Å². The van der Waals surface area contributed by atoms with E-state index >= 15 is 0 Å². The summed E-state index contributed by atoms with van der Waals surface area (Å²) in [7, 11) is 0. The molecule has 0 bridgehead atoms. The number of quaternary nitrogens is 1. The number of nitrogens with zero attached hydrogens (tertiary/aromatic N) is 3. The first-order valence-electron chi connectivity index (χ1n) is 9.24. The van der Waals surface area contributed by atoms with E-state index in [9.17, 15) is 18.4 Å². The van der Waals surface area contributed by atoms with Gasteiger partial charge in [-0.15, -0.1) is 16.0 Å². The van der Waals surface area contributed by atoms with Crippen LogP contribution in [-0.2, 0) is 16.7 Å². The maximum Gasteiger partial charge on any atom is 0.433 e. The van der Waals surface area contributed by atoms with Crippen molar-refractivity contribution >= 4 is 28.8 Å². The predicted molar refractivity (Wildman–Crippen MR) is 110 cm³/mol. The highest BCUT2D eigenvalue weighted by molar-refractivity contribution is 7.98. The Morgan fingerprint density at radius 2 is 1.83 bits per heavy atom. The van der Waals surface area contributed by atoms with Crippen LogP contribution in [-0.4, -0.2) is 41.5 Å². The van der Waals surface area contributed by atoms with Crippen molar-refractivity contribution in [2.75, 3.05) is 26.3 Å². The molecular weight excluding hydrogens is 435 g/mol. The highest BCUT2D eigenvalue weighted by Crippen LogP contribution is 2.34. The van der Waals surface area contributed by atoms with Crippen molar-refractivity contribution in [2.24, 2.45) is 0 Å². The molecular formula is C20H19F3N3O2S2+. The Kier molecular flexibility index (Phi) is 6.12. The molecule has 1 saturated heterocycles. The second kappa shape index (κ2) is 8.64. The van der Waals surface area contributed by atoms with Gasteiger partial charge in [-0.25, -0.2) is 15.2 Å². The zero-order valence-electron chi connectivity index (χ0n) is 15.8. The monoisotopic (exact) mass is 454 g/mol. The molecule has 30 heavy (non-hydrogen) atoms. The van der Waals surface area contributed by atoms with E-state index in [2.05, 4.69) is 9.97 Å². The summed E-state index contributed by atoms with van der Waals surface area (Å²) in [6, 6.07) is 11.9. The van der Waals surface area contributed by atoms with Gasteiger partial charge in [-0.1, -0.05) is 30.0 Å². The molecule has 0 saturated carbocycles. The Hall–Kier alpha value is -1.98. The molecule has 0 aliphatic carbocycles. The molecule has 3 aromatic rings. The standard InChI is InChI=1S/C20H19F3N3O2S2/c21-20(22,23)18-12-16(17-2-1-11-29-17)24-19(25-18)30-13-14-3-5-15(6-4-14)26(27)7-9-28-10-8-26/h1-6,11-12,27H,7-10,13H2/q+1. The fraction of sp³-hybridized carbons (Fsp3) is 0.300. The van der Waals surface area contributed by atoms with Crippen LogP contribution in [0, 0.1) is 0 Å². The minimum Gasteiger partial charge on any atom is -0.369 e. The Labute approximate surface area is 179 Å². The van der Waals surface area contributed by atoms with Gasteiger partial charge in [0.15, 0.2) is 10.8 Å². The lowest BCUT2D eigenvalue weighted by atomic mass is 10.2. The van der Waals surface area contributed by atoms with Crippen molar-refractivity contribution < 1.29 is 23.1 Å². The van der Waals surface area contributed by atoms with Crippen LogP contribution in [0.3, 0.4) is 0 Å². The largest absolute Gasteiger partial charge is 0.433 e. The minimum atomic E-state index is -4.54. The molecule has 10 heteroatoms. The molecule has 1 fully saturated rings. The lowest BCUT2D eigenvalue weighted by Gasteiger charge is -2.32. The molecule has 1 N–H and O–H groups in total. The summed E-state index contributed by atoms with van der Waals surface area (Å²) in [5.74, 6) is 0.417. The van der Waals surface area contributed by atoms with Crippen LogP contribution >= 0.6 is 23.1 Å². The van der Waals surface area contributed by atoms with E-state index in [-0.39, 0.29) is 15.5 Å². The second-order valence-electron chi connectivity index (χ2n) is 6.83. The van der Waals surface area contributed by atoms with Gasteiger partial charge in [0.05, 0.1) is 23.8 Å². The number of hydroxylamine groups is 2. The van der Waals surface area contributed by atoms with Crippen molar-refractivity contribution in [3.63, 3.8) is 0 Å². The van der Waals surface area contributed by atoms with E-state index in [0.717, 1.165) is 29.1 Å². The van der Waals surface area contributed by atoms with Crippen LogP contribution in [0.25, 0.3) is 10.6 Å². The third kappa shape index (κ3) is 4.84. The number of hydrogen-bond acceptors (Lipinski definition) is 6. The lowest BCUT2D eigenvalue weighted by molar-refractivity contribution is -0.141. The molecule has 0 spiro atoms. The van der Waals surface area contributed by atoms with Crippen LogP contribution in [0.15, 0.2) is 53.0 Å². The molecule has 158 valence electrons. The number of halogens is 3. The van der Waals surface area contributed by atoms with Crippen molar-refractivity contribution in [3.05, 3.63) is 59.1 Å². The Balaban J connectivity index is 1.51. The van der Waals surface area contributed by atoms with E-state index in [1.165, 1.54) is 11.3 Å². The third-order valence-corrected chi connectivity index (χ3v) is 6.58. The van der Waals surface area contributed by atoms with Gasteiger partial charge in [0.1, 0.15) is 18.8 Å². The van der Waals surface area contributed by atoms with Crippen molar-refractivity contribution in [1.82, 2.24) is 14.6 Å². The zero-order valence-corrected chi connectivity index (χ0v) is 17.4. The molecule has 0 amide bonds. The van der Waals surface area contributed by atoms with Gasteiger partial charge < -0.3 is 4.74 Å². The predicted octanol–water partition coefficient (Wildman–Crippen LogP) is 5.24. The number of rotatable bonds is 5. The van der Waals surface area contributed by atoms with Gasteiger partial charge >= 0.3 is 6.18 Å². The number of morpholine rings is 1. The number of aromatic nitrogens is 2. The molecule has 2 aromatic heterocycles. The topological polar surface area (TPSA) is 55.2 Å². The van der Waals surface area contributed by atoms with Gasteiger partial charge in [0, 0.05) is 17.9 Å². The van der Waals surface area contributed by atoms with Crippen molar-refractivity contribution in [1.29, 1.82) is 0 Å². The molecule has 5 nitrogen and oxygen atoms in total. The number of benzene rings is 1. The maximum absolute atomic E-state index is 13.3. The minimum absolute atomic E-state index is 0.0798. The molecule has 4 rings (SSSR count). The molecule has 0 atom stereocenters. The summed E-state index contributed by atoms with van der Waals surface area (Å²) < 4.78 is 45.0. The second-order valence-corrected chi connectivity index (χ2v) is 8.72. The van der Waals surface area contributed by atoms with Crippen LogP contribution < -0.4 is 4.65 Å². The van der Waals surface area contributed by atoms with Crippen LogP contribution in [0.2, 0.25) is 0 Å². The van der Waals surface area contributed by atoms with Crippen molar-refractivity contribution in [3.8, 4) is 10.6 Å². The fourth-order valence-electron chi connectivity index (χ4n) is 3.11. The first-order valence-corrected chi connectivity index (χ1v) is 11.1. The van der Waals surface area contributed by atoms with E-state index < -0.39 is 11.9 Å². The first-order chi connectivity index (χ1) is 14.3. The lowest BCUT2D eigenvalue weighted by Crippen LogP contribution is -2.53. The average Bonchev–Trinajstić information content (AvgIpc) is 3.27. The summed E-state index contributed by atoms with van der Waals surface area (Å²) in [5, 5.41) is 12.6. The molecule has 1 aliphatic heterocycles. The molecule has 0 radical (unpaired) electrons. The van der Waals surface area contributed by atoms with Crippen LogP contribution in [0.4, 0.5) is 18.9 Å². The van der Waals surface area contributed by atoms with Crippen molar-refractivity contribution in [2.45, 2.75) is 17.1 Å². The van der Waals surface area contributed by atoms with Gasteiger partial charge in [-0.05, 0) is 23.1 Å². The van der Waals surface area contributed by atoms with E-state index in [0.29, 0.717) is 36.9 Å². The Morgan fingerprint density at radius 3 is 2.47 bits per heavy atom. The smallest absolute Gasteiger partial charge is 0.369 e. The average molecular weight is 455 g/mol. The van der Waals surface area contributed by atoms with Crippen LogP contribution in [0.1, 0.15) is 11.3 Å². The zero-order chi connectivity index (χ0) is 21.2. The highest BCUT2D eigenvalue weighted by Gasteiger charge is 2.34. The van der Waals surface area contributed by atoms with Gasteiger partial charge in [0.25, 0.3) is 0 Å². The fourth-order valence-corrected chi connectivity index (χ4v) is 4.61. The summed E-state index contributed by atoms with van der Waals surface area (Å²) in [6.45, 7) is 1.95. The summed E-state index contributed by atoms with van der Waals surface area (Å²) >= 11 is 2.48. The highest BCUT2D eigenvalue weighted by atomic mass is 32.2. The third-order valence-electron chi connectivity index (χ3n) is 4.77. The number of hydrogen-bond donors (Lipinski definition) is 1.